The minimum absolute atomic E-state index is 0.162. The van der Waals surface area contributed by atoms with Crippen molar-refractivity contribution in [1.29, 1.82) is 0 Å². The van der Waals surface area contributed by atoms with Crippen molar-refractivity contribution in [3.63, 3.8) is 0 Å². The van der Waals surface area contributed by atoms with Gasteiger partial charge in [0.1, 0.15) is 17.7 Å². The maximum Gasteiger partial charge on any atom is 0.235 e. The van der Waals surface area contributed by atoms with Gasteiger partial charge in [-0.25, -0.2) is 4.39 Å². The summed E-state index contributed by atoms with van der Waals surface area (Å²) in [5.74, 6) is -0.161. The van der Waals surface area contributed by atoms with Gasteiger partial charge in [0.25, 0.3) is 0 Å². The molecule has 0 saturated carbocycles. The van der Waals surface area contributed by atoms with Crippen molar-refractivity contribution in [2.45, 2.75) is 31.3 Å². The second-order valence-corrected chi connectivity index (χ2v) is 7.56. The molecule has 2 aromatic rings. The van der Waals surface area contributed by atoms with E-state index in [1.54, 1.807) is 43.5 Å². The molecule has 5 nitrogen and oxygen atoms in total. The van der Waals surface area contributed by atoms with E-state index in [1.165, 1.54) is 6.07 Å². The van der Waals surface area contributed by atoms with Crippen LogP contribution in [-0.4, -0.2) is 38.9 Å². The van der Waals surface area contributed by atoms with Crippen LogP contribution in [0, 0.1) is 5.82 Å². The fourth-order valence-electron chi connectivity index (χ4n) is 3.60. The van der Waals surface area contributed by atoms with Crippen LogP contribution in [0.5, 0.6) is 5.75 Å². The van der Waals surface area contributed by atoms with E-state index in [2.05, 4.69) is 5.32 Å². The van der Waals surface area contributed by atoms with Gasteiger partial charge >= 0.3 is 0 Å². The first kappa shape index (κ1) is 21.6. The highest BCUT2D eigenvalue weighted by Crippen LogP contribution is 2.38. The lowest BCUT2D eigenvalue weighted by Gasteiger charge is -2.36. The highest BCUT2D eigenvalue weighted by molar-refractivity contribution is 6.32. The number of benzene rings is 2. The highest BCUT2D eigenvalue weighted by Gasteiger charge is 2.43. The van der Waals surface area contributed by atoms with Gasteiger partial charge in [0.15, 0.2) is 0 Å². The number of anilines is 1. The van der Waals surface area contributed by atoms with Crippen molar-refractivity contribution >= 4 is 23.2 Å². The molecule has 1 fully saturated rings. The van der Waals surface area contributed by atoms with Crippen molar-refractivity contribution in [2.75, 3.05) is 32.2 Å². The smallest absolute Gasteiger partial charge is 0.235 e. The SMILES string of the molecule is COC[C@@H](C)Oc1ccc(NC(=O)C2(c3ccccc3F)CCOCC2)cc1Cl. The third-order valence-corrected chi connectivity index (χ3v) is 5.39. The molecular formula is C22H25ClFNO4. The Morgan fingerprint density at radius 1 is 1.28 bits per heavy atom. The van der Waals surface area contributed by atoms with Crippen LogP contribution in [0.3, 0.4) is 0 Å². The van der Waals surface area contributed by atoms with Gasteiger partial charge < -0.3 is 19.5 Å². The van der Waals surface area contributed by atoms with E-state index in [-0.39, 0.29) is 12.0 Å². The molecule has 1 heterocycles. The molecule has 0 unspecified atom stereocenters. The molecule has 1 aliphatic heterocycles. The van der Waals surface area contributed by atoms with Crippen LogP contribution >= 0.6 is 11.6 Å². The quantitative estimate of drug-likeness (QED) is 0.711. The highest BCUT2D eigenvalue weighted by atomic mass is 35.5. The van der Waals surface area contributed by atoms with Gasteiger partial charge in [-0.15, -0.1) is 0 Å². The van der Waals surface area contributed by atoms with E-state index < -0.39 is 11.2 Å². The summed E-state index contributed by atoms with van der Waals surface area (Å²) in [5, 5.41) is 3.27. The first-order chi connectivity index (χ1) is 14.0. The van der Waals surface area contributed by atoms with Crippen molar-refractivity contribution in [1.82, 2.24) is 0 Å². The molecule has 0 bridgehead atoms. The van der Waals surface area contributed by atoms with E-state index in [0.29, 0.717) is 54.7 Å². The number of halogens is 2. The molecular weight excluding hydrogens is 397 g/mol. The second-order valence-electron chi connectivity index (χ2n) is 7.16. The molecule has 0 spiro atoms. The predicted octanol–water partition coefficient (Wildman–Crippen LogP) is 4.58. The standard InChI is InChI=1S/C22H25ClFNO4/c1-15(14-27-2)29-20-8-7-16(13-18(20)23)25-21(26)22(9-11-28-12-10-22)17-5-3-4-6-19(17)24/h3-8,13,15H,9-12,14H2,1-2H3,(H,25,26)/t15-/m1/s1. The molecule has 7 heteroatoms. The monoisotopic (exact) mass is 421 g/mol. The Balaban J connectivity index is 1.82. The Kier molecular flexibility index (Phi) is 7.11. The normalized spacial score (nSPS) is 16.8. The van der Waals surface area contributed by atoms with Crippen molar-refractivity contribution < 1.29 is 23.4 Å². The van der Waals surface area contributed by atoms with Crippen molar-refractivity contribution in [3.8, 4) is 5.75 Å². The summed E-state index contributed by atoms with van der Waals surface area (Å²) in [5.41, 5.74) is -0.0766. The Labute approximate surface area is 175 Å². The summed E-state index contributed by atoms with van der Waals surface area (Å²) in [6, 6.07) is 11.4. The first-order valence-electron chi connectivity index (χ1n) is 9.55. The largest absolute Gasteiger partial charge is 0.487 e. The van der Waals surface area contributed by atoms with Crippen LogP contribution in [-0.2, 0) is 19.7 Å². The van der Waals surface area contributed by atoms with Gasteiger partial charge in [0.2, 0.25) is 5.91 Å². The van der Waals surface area contributed by atoms with Gasteiger partial charge in [-0.05, 0) is 44.0 Å². The Hall–Kier alpha value is -2.15. The number of methoxy groups -OCH3 is 1. The van der Waals surface area contributed by atoms with Crippen LogP contribution < -0.4 is 10.1 Å². The van der Waals surface area contributed by atoms with Gasteiger partial charge in [0, 0.05) is 31.6 Å². The van der Waals surface area contributed by atoms with Gasteiger partial charge in [-0.2, -0.15) is 0 Å². The number of rotatable bonds is 7. The zero-order chi connectivity index (χ0) is 20.9. The summed E-state index contributed by atoms with van der Waals surface area (Å²) in [7, 11) is 1.60. The summed E-state index contributed by atoms with van der Waals surface area (Å²) in [6.45, 7) is 3.10. The maximum absolute atomic E-state index is 14.6. The molecule has 0 radical (unpaired) electrons. The van der Waals surface area contributed by atoms with Crippen LogP contribution in [0.25, 0.3) is 0 Å². The Morgan fingerprint density at radius 3 is 2.66 bits per heavy atom. The number of carbonyl (C=O) groups is 1. The first-order valence-corrected chi connectivity index (χ1v) is 9.93. The van der Waals surface area contributed by atoms with E-state index in [0.717, 1.165) is 0 Å². The summed E-state index contributed by atoms with van der Waals surface area (Å²) >= 11 is 6.32. The number of amides is 1. The van der Waals surface area contributed by atoms with Gasteiger partial charge in [0.05, 0.1) is 17.0 Å². The molecule has 0 aliphatic carbocycles. The number of hydrogen-bond donors (Lipinski definition) is 1. The lowest BCUT2D eigenvalue weighted by atomic mass is 9.73. The minimum atomic E-state index is -0.988. The molecule has 0 aromatic heterocycles. The number of hydrogen-bond acceptors (Lipinski definition) is 4. The van der Waals surface area contributed by atoms with E-state index in [4.69, 9.17) is 25.8 Å². The average Bonchev–Trinajstić information content (AvgIpc) is 2.71. The molecule has 2 aromatic carbocycles. The van der Waals surface area contributed by atoms with Crippen molar-refractivity contribution in [3.05, 3.63) is 58.9 Å². The summed E-state index contributed by atoms with van der Waals surface area (Å²) in [6.07, 6.45) is 0.649. The molecule has 1 amide bonds. The fraction of sp³-hybridized carbons (Fsp3) is 0.409. The Morgan fingerprint density at radius 2 is 2.00 bits per heavy atom. The number of ether oxygens (including phenoxy) is 3. The zero-order valence-electron chi connectivity index (χ0n) is 16.5. The van der Waals surface area contributed by atoms with Crippen LogP contribution in [0.15, 0.2) is 42.5 Å². The molecule has 156 valence electrons. The van der Waals surface area contributed by atoms with E-state index in [9.17, 15) is 9.18 Å². The Bertz CT molecular complexity index is 854. The molecule has 1 aliphatic rings. The fourth-order valence-corrected chi connectivity index (χ4v) is 3.82. The lowest BCUT2D eigenvalue weighted by molar-refractivity contribution is -0.125. The number of carbonyl (C=O) groups excluding carboxylic acids is 1. The third-order valence-electron chi connectivity index (χ3n) is 5.09. The summed E-state index contributed by atoms with van der Waals surface area (Å²) in [4.78, 5) is 13.3. The van der Waals surface area contributed by atoms with Gasteiger partial charge in [-0.3, -0.25) is 4.79 Å². The molecule has 1 N–H and O–H groups in total. The molecule has 1 atom stereocenters. The summed E-state index contributed by atoms with van der Waals surface area (Å²) < 4.78 is 30.8. The topological polar surface area (TPSA) is 56.8 Å². The maximum atomic E-state index is 14.6. The second kappa shape index (κ2) is 9.57. The number of nitrogens with one attached hydrogen (secondary N) is 1. The minimum Gasteiger partial charge on any atom is -0.487 e. The zero-order valence-corrected chi connectivity index (χ0v) is 17.3. The van der Waals surface area contributed by atoms with Crippen LogP contribution in [0.4, 0.5) is 10.1 Å². The molecule has 3 rings (SSSR count). The predicted molar refractivity (Wildman–Crippen MR) is 110 cm³/mol. The van der Waals surface area contributed by atoms with Gasteiger partial charge in [-0.1, -0.05) is 29.8 Å². The van der Waals surface area contributed by atoms with E-state index in [1.807, 2.05) is 6.92 Å². The molecule has 1 saturated heterocycles. The van der Waals surface area contributed by atoms with Crippen molar-refractivity contribution in [2.24, 2.45) is 0 Å². The third kappa shape index (κ3) is 4.89. The van der Waals surface area contributed by atoms with E-state index >= 15 is 0 Å². The average molecular weight is 422 g/mol. The lowest BCUT2D eigenvalue weighted by Crippen LogP contribution is -2.45. The molecule has 29 heavy (non-hydrogen) atoms. The van der Waals surface area contributed by atoms with Crippen LogP contribution in [0.2, 0.25) is 5.02 Å². The van der Waals surface area contributed by atoms with Crippen LogP contribution in [0.1, 0.15) is 25.3 Å².